The summed E-state index contributed by atoms with van der Waals surface area (Å²) in [5.41, 5.74) is 6.28. The van der Waals surface area contributed by atoms with E-state index in [0.717, 1.165) is 16.6 Å². The van der Waals surface area contributed by atoms with E-state index in [1.165, 1.54) is 0 Å². The third-order valence-corrected chi connectivity index (χ3v) is 2.31. The highest BCUT2D eigenvalue weighted by Crippen LogP contribution is 2.23. The molecule has 2 heterocycles. The molecular formula is C13H14N4. The number of hydrogen-bond acceptors (Lipinski definition) is 4. The highest BCUT2D eigenvalue weighted by molar-refractivity contribution is 5.93. The van der Waals surface area contributed by atoms with Crippen molar-refractivity contribution in [2.45, 2.75) is 19.9 Å². The summed E-state index contributed by atoms with van der Waals surface area (Å²) in [5, 5.41) is 5.13. The average molecular weight is 226 g/mol. The monoisotopic (exact) mass is 226 g/mol. The molecule has 0 bridgehead atoms. The molecule has 2 rings (SSSR count). The van der Waals surface area contributed by atoms with Gasteiger partial charge in [0.2, 0.25) is 0 Å². The zero-order valence-electron chi connectivity index (χ0n) is 9.86. The number of fused-ring (bicyclic) bond motifs is 1. The maximum absolute atomic E-state index is 5.69. The lowest BCUT2D eigenvalue weighted by Gasteiger charge is -2.12. The molecule has 0 fully saturated rings. The van der Waals surface area contributed by atoms with Crippen LogP contribution in [0.1, 0.15) is 19.5 Å². The second-order valence-electron chi connectivity index (χ2n) is 4.13. The summed E-state index contributed by atoms with van der Waals surface area (Å²) in [5.74, 6) is 3.76. The van der Waals surface area contributed by atoms with Crippen LogP contribution in [0.15, 0.2) is 18.3 Å². The number of pyridine rings is 2. The van der Waals surface area contributed by atoms with Gasteiger partial charge in [-0.2, -0.15) is 0 Å². The van der Waals surface area contributed by atoms with Crippen molar-refractivity contribution in [2.75, 3.05) is 11.1 Å². The summed E-state index contributed by atoms with van der Waals surface area (Å²) in [7, 11) is 0. The van der Waals surface area contributed by atoms with Crippen LogP contribution in [-0.2, 0) is 0 Å². The van der Waals surface area contributed by atoms with Gasteiger partial charge in [0.15, 0.2) is 0 Å². The van der Waals surface area contributed by atoms with Gasteiger partial charge in [0.05, 0.1) is 0 Å². The Morgan fingerprint density at radius 2 is 2.18 bits per heavy atom. The van der Waals surface area contributed by atoms with Crippen molar-refractivity contribution < 1.29 is 0 Å². The number of nitrogens with two attached hydrogens (primary N) is 1. The van der Waals surface area contributed by atoms with Crippen molar-refractivity contribution in [2.24, 2.45) is 0 Å². The highest BCUT2D eigenvalue weighted by Gasteiger charge is 2.07. The van der Waals surface area contributed by atoms with E-state index in [1.807, 2.05) is 19.9 Å². The lowest BCUT2D eigenvalue weighted by atomic mass is 10.1. The first-order valence-electron chi connectivity index (χ1n) is 5.39. The van der Waals surface area contributed by atoms with Crippen LogP contribution in [0.3, 0.4) is 0 Å². The largest absolute Gasteiger partial charge is 0.384 e. The number of nitrogen functional groups attached to an aromatic ring is 1. The minimum Gasteiger partial charge on any atom is -0.384 e. The zero-order chi connectivity index (χ0) is 12.4. The number of rotatable bonds is 2. The summed E-state index contributed by atoms with van der Waals surface area (Å²) in [4.78, 5) is 8.43. The SMILES string of the molecule is C#Cc1cc2cnc(N)cc2c(NC(C)C)n1. The van der Waals surface area contributed by atoms with Gasteiger partial charge >= 0.3 is 0 Å². The lowest BCUT2D eigenvalue weighted by molar-refractivity contribution is 0.891. The van der Waals surface area contributed by atoms with Crippen molar-refractivity contribution >= 4 is 22.4 Å². The fourth-order valence-corrected chi connectivity index (χ4v) is 1.62. The van der Waals surface area contributed by atoms with Gasteiger partial charge in [0.25, 0.3) is 0 Å². The number of hydrogen-bond donors (Lipinski definition) is 2. The number of nitrogens with one attached hydrogen (secondary N) is 1. The summed E-state index contributed by atoms with van der Waals surface area (Å²) in [6.45, 7) is 4.08. The summed E-state index contributed by atoms with van der Waals surface area (Å²) < 4.78 is 0. The van der Waals surface area contributed by atoms with E-state index >= 15 is 0 Å². The topological polar surface area (TPSA) is 63.8 Å². The predicted octanol–water partition coefficient (Wildman–Crippen LogP) is 2.01. The van der Waals surface area contributed by atoms with E-state index in [2.05, 4.69) is 21.2 Å². The zero-order valence-corrected chi connectivity index (χ0v) is 9.86. The molecule has 4 heteroatoms. The summed E-state index contributed by atoms with van der Waals surface area (Å²) >= 11 is 0. The number of anilines is 2. The van der Waals surface area contributed by atoms with Gasteiger partial charge < -0.3 is 11.1 Å². The first-order chi connectivity index (χ1) is 8.10. The van der Waals surface area contributed by atoms with Crippen molar-refractivity contribution in [1.82, 2.24) is 9.97 Å². The van der Waals surface area contributed by atoms with Gasteiger partial charge in [0.1, 0.15) is 17.3 Å². The quantitative estimate of drug-likeness (QED) is 0.769. The van der Waals surface area contributed by atoms with Gasteiger partial charge in [-0.15, -0.1) is 6.42 Å². The van der Waals surface area contributed by atoms with Crippen LogP contribution in [-0.4, -0.2) is 16.0 Å². The Kier molecular flexibility index (Phi) is 2.84. The van der Waals surface area contributed by atoms with Crippen LogP contribution in [0.5, 0.6) is 0 Å². The van der Waals surface area contributed by atoms with Gasteiger partial charge in [-0.25, -0.2) is 9.97 Å². The van der Waals surface area contributed by atoms with E-state index in [0.29, 0.717) is 11.5 Å². The van der Waals surface area contributed by atoms with Crippen LogP contribution in [0.2, 0.25) is 0 Å². The van der Waals surface area contributed by atoms with Gasteiger partial charge in [-0.05, 0) is 26.0 Å². The Morgan fingerprint density at radius 1 is 1.41 bits per heavy atom. The molecule has 0 unspecified atom stereocenters. The van der Waals surface area contributed by atoms with Gasteiger partial charge in [0, 0.05) is 23.0 Å². The maximum Gasteiger partial charge on any atom is 0.135 e. The maximum atomic E-state index is 5.69. The highest BCUT2D eigenvalue weighted by atomic mass is 15.0. The Morgan fingerprint density at radius 3 is 2.82 bits per heavy atom. The lowest BCUT2D eigenvalue weighted by Crippen LogP contribution is -2.12. The van der Waals surface area contributed by atoms with E-state index in [-0.39, 0.29) is 6.04 Å². The number of nitrogens with zero attached hydrogens (tertiary/aromatic N) is 2. The normalized spacial score (nSPS) is 10.5. The molecule has 0 aromatic carbocycles. The molecule has 3 N–H and O–H groups in total. The van der Waals surface area contributed by atoms with Crippen LogP contribution in [0, 0.1) is 12.3 Å². The standard InChI is InChI=1S/C13H14N4/c1-4-10-5-9-7-15-12(14)6-11(9)13(17-10)16-8(2)3/h1,5-8H,2-3H3,(H2,14,15)(H,16,17). The van der Waals surface area contributed by atoms with Gasteiger partial charge in [-0.1, -0.05) is 5.92 Å². The molecule has 0 aliphatic rings. The molecule has 2 aromatic rings. The van der Waals surface area contributed by atoms with Crippen LogP contribution < -0.4 is 11.1 Å². The molecule has 0 saturated carbocycles. The molecule has 86 valence electrons. The third-order valence-electron chi connectivity index (χ3n) is 2.31. The van der Waals surface area contributed by atoms with E-state index in [4.69, 9.17) is 12.2 Å². The molecule has 4 nitrogen and oxygen atoms in total. The Hall–Kier alpha value is -2.28. The molecule has 0 saturated heterocycles. The van der Waals surface area contributed by atoms with Crippen molar-refractivity contribution in [3.8, 4) is 12.3 Å². The molecule has 0 aliphatic carbocycles. The first-order valence-corrected chi connectivity index (χ1v) is 5.39. The van der Waals surface area contributed by atoms with Crippen LogP contribution in [0.25, 0.3) is 10.8 Å². The fourth-order valence-electron chi connectivity index (χ4n) is 1.62. The van der Waals surface area contributed by atoms with Crippen molar-refractivity contribution in [1.29, 1.82) is 0 Å². The summed E-state index contributed by atoms with van der Waals surface area (Å²) in [6.07, 6.45) is 7.09. The number of aromatic nitrogens is 2. The molecule has 0 amide bonds. The van der Waals surface area contributed by atoms with E-state index in [9.17, 15) is 0 Å². The van der Waals surface area contributed by atoms with Crippen molar-refractivity contribution in [3.05, 3.63) is 24.0 Å². The smallest absolute Gasteiger partial charge is 0.135 e. The predicted molar refractivity (Wildman–Crippen MR) is 70.6 cm³/mol. The molecule has 17 heavy (non-hydrogen) atoms. The second kappa shape index (κ2) is 4.30. The van der Waals surface area contributed by atoms with Crippen molar-refractivity contribution in [3.63, 3.8) is 0 Å². The molecule has 0 radical (unpaired) electrons. The fraction of sp³-hybridized carbons (Fsp3) is 0.231. The Bertz CT molecular complexity index is 596. The minimum absolute atomic E-state index is 0.271. The van der Waals surface area contributed by atoms with Crippen LogP contribution in [0.4, 0.5) is 11.6 Å². The van der Waals surface area contributed by atoms with E-state index in [1.54, 1.807) is 12.3 Å². The van der Waals surface area contributed by atoms with Gasteiger partial charge in [-0.3, -0.25) is 0 Å². The molecule has 0 spiro atoms. The Labute approximate surface area is 100 Å². The third kappa shape index (κ3) is 2.28. The van der Waals surface area contributed by atoms with E-state index < -0.39 is 0 Å². The van der Waals surface area contributed by atoms with Crippen LogP contribution >= 0.6 is 0 Å². The molecule has 2 aromatic heterocycles. The molecule has 0 aliphatic heterocycles. The number of terminal acetylenes is 1. The summed E-state index contributed by atoms with van der Waals surface area (Å²) in [6, 6.07) is 3.90. The average Bonchev–Trinajstić information content (AvgIpc) is 2.28. The Balaban J connectivity index is 2.68. The molecule has 0 atom stereocenters. The second-order valence-corrected chi connectivity index (χ2v) is 4.13. The first kappa shape index (κ1) is 11.2. The molecular weight excluding hydrogens is 212 g/mol. The minimum atomic E-state index is 0.271.